The predicted molar refractivity (Wildman–Crippen MR) is 431 cm³/mol. The number of fused-ring (bicyclic) bond motifs is 7. The molecule has 533 valence electrons. The number of carboxylic acids is 1. The van der Waals surface area contributed by atoms with E-state index in [4.69, 9.17) is 41.9 Å². The van der Waals surface area contributed by atoms with Crippen LogP contribution in [-0.4, -0.2) is 58.2 Å². The first-order valence-electron chi connectivity index (χ1n) is 30.9. The van der Waals surface area contributed by atoms with Crippen LogP contribution in [0.1, 0.15) is 55.2 Å². The second-order valence-electron chi connectivity index (χ2n) is 22.7. The predicted octanol–water partition coefficient (Wildman–Crippen LogP) is 20.6. The topological polar surface area (TPSA) is 253 Å². The molecule has 0 unspecified atom stereocenters. The molecule has 13 aromatic carbocycles. The van der Waals surface area contributed by atoms with Gasteiger partial charge in [-0.2, -0.15) is 28.4 Å². The minimum absolute atomic E-state index is 0. The minimum atomic E-state index is -1.68. The van der Waals surface area contributed by atoms with Gasteiger partial charge < -0.3 is 31.4 Å². The summed E-state index contributed by atoms with van der Waals surface area (Å²) in [5.41, 5.74) is 16.4. The summed E-state index contributed by atoms with van der Waals surface area (Å²) in [5.74, 6) is -3.21. The van der Waals surface area contributed by atoms with Crippen molar-refractivity contribution < 1.29 is 55.8 Å². The zero-order valence-corrected chi connectivity index (χ0v) is 62.0. The number of rotatable bonds is 5. The molecular formula is C80H61B2Br3F6N7O6S2. The number of pyridine rings is 1. The molecule has 0 fully saturated rings. The molecule has 1 aromatic heterocycles. The number of nitrogens with zero attached hydrogens (tertiary/aromatic N) is 5. The number of aromatic carboxylic acids is 1. The van der Waals surface area contributed by atoms with Gasteiger partial charge in [0.1, 0.15) is 39.7 Å². The second-order valence-corrected chi connectivity index (χ2v) is 26.7. The van der Waals surface area contributed by atoms with Crippen molar-refractivity contribution in [2.24, 2.45) is 4.30 Å². The number of thiol groups is 2. The van der Waals surface area contributed by atoms with Crippen molar-refractivity contribution in [1.82, 2.24) is 4.98 Å². The Balaban J connectivity index is 0.000000196. The van der Waals surface area contributed by atoms with E-state index >= 15 is 0 Å². The third-order valence-corrected chi connectivity index (χ3v) is 17.3. The molecule has 7 N–H and O–H groups in total. The quantitative estimate of drug-likeness (QED) is 0.0279. The molecule has 0 aliphatic rings. The third kappa shape index (κ3) is 22.2. The average molecular weight is 1660 g/mol. The molecule has 13 nitrogen and oxygen atoms in total. The fourth-order valence-electron chi connectivity index (χ4n) is 10.4. The van der Waals surface area contributed by atoms with E-state index in [2.05, 4.69) is 102 Å². The maximum atomic E-state index is 13.8. The summed E-state index contributed by atoms with van der Waals surface area (Å²) < 4.78 is 87.6. The zero-order chi connectivity index (χ0) is 76.8. The third-order valence-electron chi connectivity index (χ3n) is 15.3. The van der Waals surface area contributed by atoms with Crippen molar-refractivity contribution in [3.05, 3.63) is 295 Å². The number of hydrogen-bond acceptors (Lipinski definition) is 14. The van der Waals surface area contributed by atoms with Crippen LogP contribution in [0, 0.1) is 68.9 Å². The molecule has 14 aromatic rings. The summed E-state index contributed by atoms with van der Waals surface area (Å²) in [4.78, 5) is 25.9. The van der Waals surface area contributed by atoms with Gasteiger partial charge in [-0.3, -0.25) is 9.78 Å². The fraction of sp³-hybridized carbons (Fsp3) is 0.0750. The number of hydrogen-bond donors (Lipinski definition) is 7. The van der Waals surface area contributed by atoms with Crippen molar-refractivity contribution in [2.75, 3.05) is 18.1 Å². The number of halogens is 9. The number of ether oxygens (including phenoxy) is 1. The number of nitriles is 3. The Kier molecular flexibility index (Phi) is 31.4. The van der Waals surface area contributed by atoms with Crippen LogP contribution < -0.4 is 16.9 Å². The number of carbonyl (C=O) groups is 2. The Bertz CT molecular complexity index is 5710. The molecule has 0 bridgehead atoms. The SMILES string of the molecule is C.CCOC(=O)C(C)(C)S.N#Cc1ccc(-c2cncc3ccc(Br)cc23)c2cc(F)ccc12.N#Cc1ccc(B(O)O)c2cc(F)ccc12.N#Cc1ccc(Br)c2cc(F)ccc12.Nc1ccc(Br)c2cc(F)ccc12.Nc1cccc2cc(F)ccc12.O=C(O)c1cccc2cc(F)ccc12.[B]=NS. The zero-order valence-electron chi connectivity index (χ0n) is 55.5. The van der Waals surface area contributed by atoms with E-state index < -0.39 is 23.7 Å². The van der Waals surface area contributed by atoms with E-state index in [1.807, 2.05) is 48.5 Å². The summed E-state index contributed by atoms with van der Waals surface area (Å²) in [6.07, 6.45) is 3.58. The summed E-state index contributed by atoms with van der Waals surface area (Å²) in [6.45, 7) is 5.60. The number of nitrogen functional groups attached to an aromatic ring is 2. The van der Waals surface area contributed by atoms with Gasteiger partial charge in [0.15, 0.2) is 0 Å². The molecule has 106 heavy (non-hydrogen) atoms. The Hall–Kier alpha value is -10.6. The van der Waals surface area contributed by atoms with E-state index in [0.29, 0.717) is 61.6 Å². The average Bonchev–Trinajstić information content (AvgIpc) is 0.770. The van der Waals surface area contributed by atoms with Gasteiger partial charge in [-0.15, -0.1) is 0 Å². The number of esters is 1. The monoisotopic (exact) mass is 1650 g/mol. The first-order chi connectivity index (χ1) is 50.0. The number of carboxylic acid groups (broad SMARTS) is 1. The van der Waals surface area contributed by atoms with E-state index in [1.165, 1.54) is 103 Å². The normalized spacial score (nSPS) is 10.2. The number of aromatic nitrogens is 1. The van der Waals surface area contributed by atoms with Gasteiger partial charge in [0.25, 0.3) is 0 Å². The van der Waals surface area contributed by atoms with Crippen molar-refractivity contribution in [1.29, 1.82) is 15.8 Å². The van der Waals surface area contributed by atoms with Crippen molar-refractivity contribution in [2.45, 2.75) is 32.9 Å². The van der Waals surface area contributed by atoms with Crippen LogP contribution in [0.25, 0.3) is 86.5 Å². The van der Waals surface area contributed by atoms with Crippen molar-refractivity contribution >= 4 is 192 Å². The Morgan fingerprint density at radius 2 is 0.943 bits per heavy atom. The van der Waals surface area contributed by atoms with Crippen molar-refractivity contribution in [3.8, 4) is 29.3 Å². The van der Waals surface area contributed by atoms with Crippen LogP contribution in [0.15, 0.2) is 242 Å². The molecule has 0 spiro atoms. The maximum absolute atomic E-state index is 13.8. The Morgan fingerprint density at radius 1 is 0.519 bits per heavy atom. The van der Waals surface area contributed by atoms with Crippen LogP contribution in [0.4, 0.5) is 37.7 Å². The number of nitrogens with two attached hydrogens (primary N) is 2. The van der Waals surface area contributed by atoms with Gasteiger partial charge in [-0.25, -0.2) is 31.1 Å². The number of carbonyl (C=O) groups excluding carboxylic acids is 1. The van der Waals surface area contributed by atoms with Gasteiger partial charge in [-0.05, 0) is 215 Å². The molecule has 0 amide bonds. The first kappa shape index (κ1) is 84.3. The standard InChI is InChI=1S/C20H10BrFN2.C11H7BFNO2.C11H5BrFN.C11H7FO2.C10H7BrFN.C10H8FN.C6H12O2S.CH4.BHNS/c21-14-3-1-13-10-24-11-20(18(13)7-14)17-5-2-12(9-23)16-6-4-15(22)8-19(16)17;13-8-2-3-9-7(6-14)1-4-11(12(15)16)10(9)5-8;12-11-4-1-7(6-14)9-3-2-8(13)5-10(9)11;12-8-4-5-9-7(6-8)2-1-3-10(9)11(13)14;11-9-3-4-10(13)7-2-1-6(12)5-8(7)9;11-8-4-5-9-7(6-8)2-1-3-10(9)12;1-4-8-5(7)6(2,3)9;;1-2-3/h1-8,10-11H;1-5,15-16H;1-5H;1-6H,(H,13,14);1-5H,13H2;1-6H,12H2;9H,4H2,1-3H3;1H4;3H. The molecule has 0 aliphatic carbocycles. The fourth-order valence-corrected chi connectivity index (χ4v) is 11.7. The molecule has 1 heterocycles. The molecule has 0 aliphatic heterocycles. The van der Waals surface area contributed by atoms with Gasteiger partial charge in [0, 0.05) is 80.5 Å². The van der Waals surface area contributed by atoms with E-state index in [-0.39, 0.29) is 53.5 Å². The van der Waals surface area contributed by atoms with Gasteiger partial charge in [0.2, 0.25) is 0 Å². The summed E-state index contributed by atoms with van der Waals surface area (Å²) in [6, 6.07) is 62.0. The molecule has 1 radical (unpaired) electrons. The molecular weight excluding hydrogens is 1590 g/mol. The van der Waals surface area contributed by atoms with E-state index in [1.54, 1.807) is 99.9 Å². The van der Waals surface area contributed by atoms with Crippen LogP contribution in [0.2, 0.25) is 0 Å². The van der Waals surface area contributed by atoms with Crippen LogP contribution >= 0.6 is 73.2 Å². The van der Waals surface area contributed by atoms with Crippen LogP contribution in [0.5, 0.6) is 0 Å². The molecule has 14 rings (SSSR count). The summed E-state index contributed by atoms with van der Waals surface area (Å²) >= 11 is 17.4. The Morgan fingerprint density at radius 3 is 1.45 bits per heavy atom. The van der Waals surface area contributed by atoms with Gasteiger partial charge >= 0.3 is 43.8 Å². The van der Waals surface area contributed by atoms with Crippen molar-refractivity contribution in [3.63, 3.8) is 0 Å². The summed E-state index contributed by atoms with van der Waals surface area (Å²) in [5, 5.41) is 64.5. The summed E-state index contributed by atoms with van der Waals surface area (Å²) in [7, 11) is 2.65. The molecule has 26 heteroatoms. The number of benzene rings is 13. The van der Waals surface area contributed by atoms with Crippen LogP contribution in [-0.2, 0) is 9.53 Å². The van der Waals surface area contributed by atoms with E-state index in [9.17, 15) is 41.2 Å². The van der Waals surface area contributed by atoms with Crippen LogP contribution in [0.3, 0.4) is 0 Å². The molecule has 0 atom stereocenters. The second kappa shape index (κ2) is 39.5. The first-order valence-corrected chi connectivity index (χ1v) is 34.1. The van der Waals surface area contributed by atoms with E-state index in [0.717, 1.165) is 73.0 Å². The number of anilines is 2. The van der Waals surface area contributed by atoms with Gasteiger partial charge in [-0.1, -0.05) is 122 Å². The molecule has 0 saturated carbocycles. The van der Waals surface area contributed by atoms with Gasteiger partial charge in [0.05, 0.1) is 47.1 Å². The Labute approximate surface area is 643 Å². The molecule has 0 saturated heterocycles.